The molecular weight excluding hydrogens is 492 g/mol. The number of benzene rings is 1. The van der Waals surface area contributed by atoms with Gasteiger partial charge in [-0.25, -0.2) is 15.0 Å². The number of nitrogens with two attached hydrogens (primary N) is 1. The highest BCUT2D eigenvalue weighted by Gasteiger charge is 2.22. The fourth-order valence-corrected chi connectivity index (χ4v) is 5.21. The van der Waals surface area contributed by atoms with E-state index in [-0.39, 0.29) is 5.91 Å². The van der Waals surface area contributed by atoms with E-state index in [1.54, 1.807) is 6.20 Å². The third-order valence-electron chi connectivity index (χ3n) is 7.36. The first-order valence-electron chi connectivity index (χ1n) is 13.3. The second-order valence-electron chi connectivity index (χ2n) is 9.79. The number of hydrogen-bond donors (Lipinski definition) is 1. The fraction of sp³-hybridized carbons (Fsp3) is 0.310. The molecule has 2 saturated heterocycles. The first kappa shape index (κ1) is 25.0. The first-order chi connectivity index (χ1) is 19.1. The number of nitrogen functional groups attached to an aromatic ring is 1. The molecule has 1 aromatic carbocycles. The van der Waals surface area contributed by atoms with Crippen LogP contribution in [-0.4, -0.2) is 87.7 Å². The van der Waals surface area contributed by atoms with Crippen molar-refractivity contribution in [3.8, 4) is 17.1 Å². The molecule has 0 spiro atoms. The van der Waals surface area contributed by atoms with Crippen LogP contribution in [0.4, 0.5) is 11.6 Å². The van der Waals surface area contributed by atoms with Crippen molar-refractivity contribution in [1.82, 2.24) is 29.3 Å². The molecule has 10 heteroatoms. The molecule has 2 aliphatic rings. The van der Waals surface area contributed by atoms with Crippen LogP contribution in [0, 0.1) is 0 Å². The number of pyridine rings is 2. The Balaban J connectivity index is 1.32. The summed E-state index contributed by atoms with van der Waals surface area (Å²) in [5.41, 5.74) is 10.8. The van der Waals surface area contributed by atoms with Gasteiger partial charge >= 0.3 is 0 Å². The van der Waals surface area contributed by atoms with Gasteiger partial charge in [-0.2, -0.15) is 0 Å². The van der Waals surface area contributed by atoms with Gasteiger partial charge in [0.15, 0.2) is 11.5 Å². The highest BCUT2D eigenvalue weighted by molar-refractivity contribution is 5.87. The Hall–Kier alpha value is -4.28. The molecule has 0 unspecified atom stereocenters. The van der Waals surface area contributed by atoms with Crippen molar-refractivity contribution in [3.63, 3.8) is 0 Å². The number of aromatic nitrogens is 4. The SMILES string of the molecule is C=CC(=O)N1CCN(Cc2ccc(-n3c(-c4cccnc4N)nc4ccc(N5CCOCC5)nc43)cc2)CC1. The predicted octanol–water partition coefficient (Wildman–Crippen LogP) is 2.73. The normalized spacial score (nSPS) is 16.5. The van der Waals surface area contributed by atoms with Crippen LogP contribution in [0.25, 0.3) is 28.2 Å². The molecule has 0 bridgehead atoms. The first-order valence-corrected chi connectivity index (χ1v) is 13.3. The van der Waals surface area contributed by atoms with Crippen molar-refractivity contribution < 1.29 is 9.53 Å². The lowest BCUT2D eigenvalue weighted by molar-refractivity contribution is -0.127. The van der Waals surface area contributed by atoms with E-state index in [2.05, 4.69) is 50.2 Å². The Labute approximate surface area is 227 Å². The van der Waals surface area contributed by atoms with Crippen molar-refractivity contribution in [2.24, 2.45) is 0 Å². The van der Waals surface area contributed by atoms with Gasteiger partial charge in [0.25, 0.3) is 0 Å². The molecule has 2 aliphatic heterocycles. The number of morpholine rings is 1. The number of rotatable bonds is 6. The summed E-state index contributed by atoms with van der Waals surface area (Å²) in [5.74, 6) is 2.04. The monoisotopic (exact) mass is 524 g/mol. The molecule has 2 fully saturated rings. The lowest BCUT2D eigenvalue weighted by Crippen LogP contribution is -2.47. The number of fused-ring (bicyclic) bond motifs is 1. The molecule has 39 heavy (non-hydrogen) atoms. The molecule has 4 aromatic rings. The second-order valence-corrected chi connectivity index (χ2v) is 9.79. The van der Waals surface area contributed by atoms with Crippen LogP contribution in [0.2, 0.25) is 0 Å². The Morgan fingerprint density at radius 2 is 1.74 bits per heavy atom. The van der Waals surface area contributed by atoms with Crippen LogP contribution in [0.15, 0.2) is 67.4 Å². The highest BCUT2D eigenvalue weighted by Crippen LogP contribution is 2.31. The number of hydrogen-bond acceptors (Lipinski definition) is 8. The van der Waals surface area contributed by atoms with E-state index in [1.165, 1.54) is 11.6 Å². The number of piperazine rings is 1. The number of imidazole rings is 1. The van der Waals surface area contributed by atoms with Crippen molar-refractivity contribution in [2.45, 2.75) is 6.54 Å². The number of nitrogens with zero attached hydrogens (tertiary/aromatic N) is 7. The Bertz CT molecular complexity index is 1490. The third-order valence-corrected chi connectivity index (χ3v) is 7.36. The highest BCUT2D eigenvalue weighted by atomic mass is 16.5. The summed E-state index contributed by atoms with van der Waals surface area (Å²) in [6.07, 6.45) is 3.07. The maximum Gasteiger partial charge on any atom is 0.246 e. The lowest BCUT2D eigenvalue weighted by atomic mass is 10.1. The fourth-order valence-electron chi connectivity index (χ4n) is 5.21. The van der Waals surface area contributed by atoms with E-state index in [0.29, 0.717) is 24.9 Å². The van der Waals surface area contributed by atoms with E-state index in [9.17, 15) is 4.79 Å². The Kier molecular flexibility index (Phi) is 6.95. The zero-order valence-corrected chi connectivity index (χ0v) is 21.9. The van der Waals surface area contributed by atoms with Gasteiger partial charge in [0.2, 0.25) is 5.91 Å². The molecule has 0 radical (unpaired) electrons. The molecular formula is C29H32N8O2. The number of anilines is 2. The van der Waals surface area contributed by atoms with Gasteiger partial charge in [0.05, 0.1) is 18.8 Å². The summed E-state index contributed by atoms with van der Waals surface area (Å²) in [7, 11) is 0. The standard InChI is InChI=1S/C29H32N8O2/c1-2-26(38)36-14-12-34(13-15-36)20-21-5-7-22(8-6-21)37-28(23-4-3-11-31-27(23)30)32-24-9-10-25(33-29(24)37)35-16-18-39-19-17-35/h2-11H,1,12-20H2,(H2,30,31). The minimum atomic E-state index is 0.00186. The maximum absolute atomic E-state index is 11.9. The van der Waals surface area contributed by atoms with Gasteiger partial charge in [0, 0.05) is 57.7 Å². The van der Waals surface area contributed by atoms with Crippen LogP contribution in [0.5, 0.6) is 0 Å². The van der Waals surface area contributed by atoms with Crippen LogP contribution >= 0.6 is 0 Å². The second kappa shape index (κ2) is 10.8. The molecule has 6 rings (SSSR count). The molecule has 1 amide bonds. The molecule has 3 aromatic heterocycles. The minimum Gasteiger partial charge on any atom is -0.383 e. The smallest absolute Gasteiger partial charge is 0.246 e. The number of amides is 1. The van der Waals surface area contributed by atoms with E-state index in [1.807, 2.05) is 29.2 Å². The van der Waals surface area contributed by atoms with Gasteiger partial charge in [-0.15, -0.1) is 0 Å². The summed E-state index contributed by atoms with van der Waals surface area (Å²) in [5, 5.41) is 0. The van der Waals surface area contributed by atoms with E-state index >= 15 is 0 Å². The summed E-state index contributed by atoms with van der Waals surface area (Å²) < 4.78 is 7.60. The van der Waals surface area contributed by atoms with E-state index in [0.717, 1.165) is 74.0 Å². The molecule has 2 N–H and O–H groups in total. The maximum atomic E-state index is 11.9. The lowest BCUT2D eigenvalue weighted by Gasteiger charge is -2.34. The van der Waals surface area contributed by atoms with Crippen molar-refractivity contribution in [1.29, 1.82) is 0 Å². The minimum absolute atomic E-state index is 0.00186. The predicted molar refractivity (Wildman–Crippen MR) is 152 cm³/mol. The summed E-state index contributed by atoms with van der Waals surface area (Å²) >= 11 is 0. The topological polar surface area (TPSA) is 106 Å². The van der Waals surface area contributed by atoms with Crippen LogP contribution in [-0.2, 0) is 16.1 Å². The van der Waals surface area contributed by atoms with Gasteiger partial charge < -0.3 is 20.3 Å². The largest absolute Gasteiger partial charge is 0.383 e. The quantitative estimate of drug-likeness (QED) is 0.384. The van der Waals surface area contributed by atoms with E-state index in [4.69, 9.17) is 20.4 Å². The van der Waals surface area contributed by atoms with Crippen LogP contribution < -0.4 is 10.6 Å². The van der Waals surface area contributed by atoms with Gasteiger partial charge in [-0.05, 0) is 48.0 Å². The van der Waals surface area contributed by atoms with Gasteiger partial charge in [-0.3, -0.25) is 14.3 Å². The Morgan fingerprint density at radius 1 is 0.974 bits per heavy atom. The molecule has 5 heterocycles. The number of carbonyl (C=O) groups excluding carboxylic acids is 1. The van der Waals surface area contributed by atoms with Gasteiger partial charge in [-0.1, -0.05) is 18.7 Å². The third kappa shape index (κ3) is 5.08. The molecule has 200 valence electrons. The summed E-state index contributed by atoms with van der Waals surface area (Å²) in [6.45, 7) is 10.5. The molecule has 0 atom stereocenters. The zero-order chi connectivity index (χ0) is 26.8. The summed E-state index contributed by atoms with van der Waals surface area (Å²) in [4.78, 5) is 32.6. The van der Waals surface area contributed by atoms with Crippen molar-refractivity contribution in [3.05, 3.63) is 72.9 Å². The molecule has 0 saturated carbocycles. The summed E-state index contributed by atoms with van der Waals surface area (Å²) in [6, 6.07) is 16.3. The average molecular weight is 525 g/mol. The van der Waals surface area contributed by atoms with Crippen LogP contribution in [0.3, 0.4) is 0 Å². The average Bonchev–Trinajstić information content (AvgIpc) is 3.37. The number of ether oxygens (including phenoxy) is 1. The van der Waals surface area contributed by atoms with Gasteiger partial charge in [0.1, 0.15) is 17.2 Å². The van der Waals surface area contributed by atoms with Crippen molar-refractivity contribution >= 4 is 28.7 Å². The van der Waals surface area contributed by atoms with E-state index < -0.39 is 0 Å². The van der Waals surface area contributed by atoms with Crippen molar-refractivity contribution in [2.75, 3.05) is 63.1 Å². The zero-order valence-electron chi connectivity index (χ0n) is 21.9. The number of carbonyl (C=O) groups is 1. The molecule has 0 aliphatic carbocycles. The molecule has 10 nitrogen and oxygen atoms in total. The Morgan fingerprint density at radius 3 is 2.46 bits per heavy atom. The van der Waals surface area contributed by atoms with Crippen LogP contribution in [0.1, 0.15) is 5.56 Å².